The Bertz CT molecular complexity index is 939. The molecule has 2 N–H and O–H groups in total. The van der Waals surface area contributed by atoms with Gasteiger partial charge in [0.2, 0.25) is 0 Å². The third kappa shape index (κ3) is 3.92. The maximum absolute atomic E-state index is 12.1. The van der Waals surface area contributed by atoms with Crippen LogP contribution in [0.1, 0.15) is 10.4 Å². The molecule has 132 valence electrons. The summed E-state index contributed by atoms with van der Waals surface area (Å²) in [6.45, 7) is 0. The Labute approximate surface area is 165 Å². The van der Waals surface area contributed by atoms with Crippen LogP contribution in [0.25, 0.3) is 22.3 Å². The van der Waals surface area contributed by atoms with Crippen molar-refractivity contribution >= 4 is 41.6 Å². The molecule has 3 aromatic carbocycles. The minimum absolute atomic E-state index is 0.410. The Balaban J connectivity index is 2.18. The predicted molar refractivity (Wildman–Crippen MR) is 106 cm³/mol. The average Bonchev–Trinajstić information content (AvgIpc) is 2.67. The molecular formula is C20H16AsBrO4. The molecule has 0 atom stereocenters. The van der Waals surface area contributed by atoms with Gasteiger partial charge in [0.15, 0.2) is 0 Å². The molecule has 0 aromatic heterocycles. The van der Waals surface area contributed by atoms with E-state index in [4.69, 9.17) is 4.74 Å². The Morgan fingerprint density at radius 1 is 0.923 bits per heavy atom. The first kappa shape index (κ1) is 18.9. The van der Waals surface area contributed by atoms with Crippen molar-refractivity contribution < 1.29 is 17.7 Å². The van der Waals surface area contributed by atoms with Crippen LogP contribution >= 0.6 is 15.9 Å². The molecule has 3 rings (SSSR count). The van der Waals surface area contributed by atoms with Crippen molar-refractivity contribution in [2.24, 2.45) is 0 Å². The number of methoxy groups -OCH3 is 1. The summed E-state index contributed by atoms with van der Waals surface area (Å²) in [6, 6.07) is 20.2. The summed E-state index contributed by atoms with van der Waals surface area (Å²) in [5.74, 6) is -0.410. The summed E-state index contributed by atoms with van der Waals surface area (Å²) in [4.78, 5) is 12.1. The summed E-state index contributed by atoms with van der Waals surface area (Å²) in [5.41, 5.74) is 3.64. The molecule has 0 amide bonds. The normalized spacial score (nSPS) is 10.8. The second-order valence-electron chi connectivity index (χ2n) is 5.57. The Morgan fingerprint density at radius 3 is 2.23 bits per heavy atom. The molecule has 4 nitrogen and oxygen atoms in total. The fraction of sp³-hybridized carbons (Fsp3) is 0.0500. The van der Waals surface area contributed by atoms with Crippen LogP contribution in [0.2, 0.25) is 0 Å². The Hall–Kier alpha value is -1.91. The molecule has 0 aliphatic heterocycles. The van der Waals surface area contributed by atoms with Crippen molar-refractivity contribution in [3.63, 3.8) is 0 Å². The van der Waals surface area contributed by atoms with Gasteiger partial charge in [0.25, 0.3) is 0 Å². The van der Waals surface area contributed by atoms with E-state index in [2.05, 4.69) is 15.9 Å². The number of benzene rings is 3. The number of hydrogen-bond donors (Lipinski definition) is 2. The molecule has 0 fully saturated rings. The van der Waals surface area contributed by atoms with Gasteiger partial charge in [0, 0.05) is 0 Å². The summed E-state index contributed by atoms with van der Waals surface area (Å²) < 4.78 is 26.1. The molecule has 0 radical (unpaired) electrons. The van der Waals surface area contributed by atoms with Gasteiger partial charge in [-0.3, -0.25) is 0 Å². The van der Waals surface area contributed by atoms with E-state index in [-0.39, 0.29) is 0 Å². The van der Waals surface area contributed by atoms with E-state index in [1.165, 1.54) is 7.11 Å². The molecule has 0 spiro atoms. The zero-order chi connectivity index (χ0) is 18.7. The monoisotopic (exact) mass is 474 g/mol. The van der Waals surface area contributed by atoms with E-state index in [9.17, 15) is 13.0 Å². The first-order chi connectivity index (χ1) is 12.5. The van der Waals surface area contributed by atoms with Crippen molar-refractivity contribution in [1.82, 2.24) is 0 Å². The Morgan fingerprint density at radius 2 is 1.58 bits per heavy atom. The molecule has 0 heterocycles. The van der Waals surface area contributed by atoms with Gasteiger partial charge >= 0.3 is 165 Å². The van der Waals surface area contributed by atoms with Gasteiger partial charge in [0.1, 0.15) is 0 Å². The Kier molecular flexibility index (Phi) is 5.94. The van der Waals surface area contributed by atoms with Crippen LogP contribution in [-0.4, -0.2) is 36.6 Å². The predicted octanol–water partition coefficient (Wildman–Crippen LogP) is 3.25. The van der Waals surface area contributed by atoms with Gasteiger partial charge in [-0.15, -0.1) is 0 Å². The van der Waals surface area contributed by atoms with E-state index in [0.717, 1.165) is 26.7 Å². The molecule has 0 unspecified atom stereocenters. The van der Waals surface area contributed by atoms with Gasteiger partial charge in [0.05, 0.1) is 0 Å². The number of esters is 1. The maximum atomic E-state index is 12.1. The summed E-state index contributed by atoms with van der Waals surface area (Å²) >= 11 is 0.332. The van der Waals surface area contributed by atoms with Crippen LogP contribution in [-0.2, 0) is 4.74 Å². The molecule has 0 saturated carbocycles. The van der Waals surface area contributed by atoms with Crippen molar-refractivity contribution in [1.29, 1.82) is 0 Å². The van der Waals surface area contributed by atoms with Crippen molar-refractivity contribution in [3.05, 3.63) is 76.8 Å². The van der Waals surface area contributed by atoms with Gasteiger partial charge in [-0.05, 0) is 0 Å². The quantitative estimate of drug-likeness (QED) is 0.450. The minimum atomic E-state index is -3.08. The molecule has 0 saturated heterocycles. The van der Waals surface area contributed by atoms with E-state index in [1.807, 2.05) is 42.5 Å². The third-order valence-corrected chi connectivity index (χ3v) is 6.26. The topological polar surface area (TPSA) is 66.8 Å². The number of halogens is 1. The fourth-order valence-corrected chi connectivity index (χ4v) is 4.32. The number of rotatable bonds is 4. The van der Waals surface area contributed by atoms with E-state index >= 15 is 0 Å². The fourth-order valence-electron chi connectivity index (χ4n) is 2.76. The van der Waals surface area contributed by atoms with Crippen LogP contribution in [0, 0.1) is 0 Å². The van der Waals surface area contributed by atoms with Crippen LogP contribution < -0.4 is 4.35 Å². The van der Waals surface area contributed by atoms with Gasteiger partial charge in [-0.1, -0.05) is 0 Å². The number of hydrogen-bond acceptors (Lipinski definition) is 4. The SMILES string of the molecule is COC(=O)c1ccccc1-c1ccc([As](O)O)c(-c2ccc(Br)cc2)c1. The molecule has 26 heavy (non-hydrogen) atoms. The molecule has 6 heteroatoms. The van der Waals surface area contributed by atoms with E-state index < -0.39 is 21.3 Å². The van der Waals surface area contributed by atoms with Crippen molar-refractivity contribution in [2.45, 2.75) is 0 Å². The van der Waals surface area contributed by atoms with Crippen LogP contribution in [0.15, 0.2) is 71.2 Å². The summed E-state index contributed by atoms with van der Waals surface area (Å²) in [6.07, 6.45) is 0. The summed E-state index contributed by atoms with van der Waals surface area (Å²) in [5, 5.41) is 0. The van der Waals surface area contributed by atoms with Crippen LogP contribution in [0.4, 0.5) is 0 Å². The zero-order valence-corrected chi connectivity index (χ0v) is 17.3. The van der Waals surface area contributed by atoms with Gasteiger partial charge < -0.3 is 0 Å². The number of ether oxygens (including phenoxy) is 1. The molecular weight excluding hydrogens is 459 g/mol. The summed E-state index contributed by atoms with van der Waals surface area (Å²) in [7, 11) is 1.35. The second kappa shape index (κ2) is 8.19. The number of carbonyl (C=O) groups is 1. The molecule has 0 bridgehead atoms. The second-order valence-corrected chi connectivity index (χ2v) is 8.71. The standard InChI is InChI=1S/C20H16AsBrO4/c1-26-20(23)17-5-3-2-4-16(17)14-8-11-19(21(24)25)18(12-14)13-6-9-15(22)10-7-13/h2-12,24-25H,1H3. The molecule has 3 aromatic rings. The van der Waals surface area contributed by atoms with Crippen LogP contribution in [0.5, 0.6) is 0 Å². The van der Waals surface area contributed by atoms with Gasteiger partial charge in [-0.25, -0.2) is 0 Å². The number of carbonyl (C=O) groups excluding carboxylic acids is 1. The first-order valence-corrected chi connectivity index (χ1v) is 11.2. The van der Waals surface area contributed by atoms with Crippen molar-refractivity contribution in [2.75, 3.05) is 7.11 Å². The van der Waals surface area contributed by atoms with E-state index in [0.29, 0.717) is 9.91 Å². The van der Waals surface area contributed by atoms with E-state index in [1.54, 1.807) is 24.3 Å². The average molecular weight is 475 g/mol. The van der Waals surface area contributed by atoms with Crippen molar-refractivity contribution in [3.8, 4) is 22.3 Å². The van der Waals surface area contributed by atoms with Crippen LogP contribution in [0.3, 0.4) is 0 Å². The molecule has 0 aliphatic rings. The first-order valence-electron chi connectivity index (χ1n) is 7.77. The third-order valence-electron chi connectivity index (χ3n) is 4.01. The zero-order valence-electron chi connectivity index (χ0n) is 13.9. The molecule has 0 aliphatic carbocycles. The van der Waals surface area contributed by atoms with Gasteiger partial charge in [-0.2, -0.15) is 0 Å².